The summed E-state index contributed by atoms with van der Waals surface area (Å²) in [5.74, 6) is 1.05. The first-order valence-electron chi connectivity index (χ1n) is 6.96. The smallest absolute Gasteiger partial charge is 0.0193 e. The molecule has 0 amide bonds. The first-order chi connectivity index (χ1) is 7.79. The van der Waals surface area contributed by atoms with E-state index in [1.165, 1.54) is 45.6 Å². The Kier molecular flexibility index (Phi) is 4.62. The lowest BCUT2D eigenvalue weighted by Gasteiger charge is -2.38. The first-order valence-corrected chi connectivity index (χ1v) is 6.96. The third-order valence-electron chi connectivity index (χ3n) is 3.93. The number of likely N-dealkylation sites (N-methyl/N-ethyl adjacent to an activating group) is 1. The number of hydrogen-bond acceptors (Lipinski definition) is 3. The van der Waals surface area contributed by atoms with Crippen LogP contribution in [0.3, 0.4) is 0 Å². The van der Waals surface area contributed by atoms with Gasteiger partial charge in [-0.1, -0.05) is 6.92 Å². The van der Waals surface area contributed by atoms with Crippen molar-refractivity contribution >= 4 is 0 Å². The fourth-order valence-electron chi connectivity index (χ4n) is 2.53. The van der Waals surface area contributed by atoms with Crippen LogP contribution < -0.4 is 5.32 Å². The minimum absolute atomic E-state index is 0.697. The molecule has 2 aliphatic rings. The monoisotopic (exact) mass is 225 g/mol. The topological polar surface area (TPSA) is 18.5 Å². The Hall–Kier alpha value is -0.120. The zero-order valence-electron chi connectivity index (χ0n) is 10.9. The zero-order valence-corrected chi connectivity index (χ0v) is 10.9. The van der Waals surface area contributed by atoms with E-state index in [2.05, 4.69) is 29.0 Å². The fourth-order valence-corrected chi connectivity index (χ4v) is 2.53. The van der Waals surface area contributed by atoms with Gasteiger partial charge in [0.25, 0.3) is 0 Å². The molecule has 2 fully saturated rings. The molecule has 1 saturated carbocycles. The lowest BCUT2D eigenvalue weighted by Crippen LogP contribution is -2.52. The molecule has 16 heavy (non-hydrogen) atoms. The predicted molar refractivity (Wildman–Crippen MR) is 68.7 cm³/mol. The predicted octanol–water partition coefficient (Wildman–Crippen LogP) is 1.01. The van der Waals surface area contributed by atoms with E-state index in [-0.39, 0.29) is 0 Å². The average molecular weight is 225 g/mol. The zero-order chi connectivity index (χ0) is 11.4. The minimum Gasteiger partial charge on any atom is -0.315 e. The summed E-state index contributed by atoms with van der Waals surface area (Å²) in [6.45, 7) is 13.2. The number of hydrogen-bond donors (Lipinski definition) is 1. The van der Waals surface area contributed by atoms with Gasteiger partial charge in [0.05, 0.1) is 0 Å². The van der Waals surface area contributed by atoms with Crippen LogP contribution in [0.4, 0.5) is 0 Å². The fraction of sp³-hybridized carbons (Fsp3) is 1.00. The second-order valence-electron chi connectivity index (χ2n) is 5.44. The SMILES string of the molecule is CCNCC(C)N1CCN(CC2CC2)CC1. The molecule has 1 aliphatic heterocycles. The van der Waals surface area contributed by atoms with E-state index in [1.54, 1.807) is 0 Å². The van der Waals surface area contributed by atoms with Crippen molar-refractivity contribution in [3.05, 3.63) is 0 Å². The Labute approximate surface area is 100 Å². The van der Waals surface area contributed by atoms with Crippen molar-refractivity contribution in [2.45, 2.75) is 32.7 Å². The van der Waals surface area contributed by atoms with Crippen molar-refractivity contribution in [1.29, 1.82) is 0 Å². The van der Waals surface area contributed by atoms with Crippen molar-refractivity contribution < 1.29 is 0 Å². The van der Waals surface area contributed by atoms with Gasteiger partial charge in [0.15, 0.2) is 0 Å². The van der Waals surface area contributed by atoms with Crippen molar-refractivity contribution in [3.8, 4) is 0 Å². The van der Waals surface area contributed by atoms with E-state index < -0.39 is 0 Å². The summed E-state index contributed by atoms with van der Waals surface area (Å²) in [4.78, 5) is 5.29. The van der Waals surface area contributed by atoms with Crippen molar-refractivity contribution in [2.75, 3.05) is 45.8 Å². The molecular weight excluding hydrogens is 198 g/mol. The van der Waals surface area contributed by atoms with Gasteiger partial charge in [0.1, 0.15) is 0 Å². The van der Waals surface area contributed by atoms with Gasteiger partial charge < -0.3 is 10.2 Å². The number of rotatable bonds is 6. The van der Waals surface area contributed by atoms with Crippen LogP contribution in [0.25, 0.3) is 0 Å². The van der Waals surface area contributed by atoms with E-state index in [0.717, 1.165) is 19.0 Å². The molecule has 0 aromatic carbocycles. The van der Waals surface area contributed by atoms with Crippen molar-refractivity contribution in [1.82, 2.24) is 15.1 Å². The van der Waals surface area contributed by atoms with E-state index in [4.69, 9.17) is 0 Å². The van der Waals surface area contributed by atoms with Crippen LogP contribution >= 0.6 is 0 Å². The van der Waals surface area contributed by atoms with Gasteiger partial charge in [-0.15, -0.1) is 0 Å². The second kappa shape index (κ2) is 5.99. The second-order valence-corrected chi connectivity index (χ2v) is 5.44. The Morgan fingerprint density at radius 1 is 1.19 bits per heavy atom. The highest BCUT2D eigenvalue weighted by Crippen LogP contribution is 2.29. The summed E-state index contributed by atoms with van der Waals surface area (Å²) < 4.78 is 0. The average Bonchev–Trinajstić information content (AvgIpc) is 3.11. The van der Waals surface area contributed by atoms with Crippen LogP contribution in [-0.2, 0) is 0 Å². The first kappa shape index (κ1) is 12.3. The van der Waals surface area contributed by atoms with Crippen LogP contribution in [0, 0.1) is 5.92 Å². The van der Waals surface area contributed by atoms with E-state index in [1.807, 2.05) is 0 Å². The quantitative estimate of drug-likeness (QED) is 0.728. The van der Waals surface area contributed by atoms with Crippen LogP contribution in [0.15, 0.2) is 0 Å². The molecule has 94 valence electrons. The Morgan fingerprint density at radius 2 is 1.88 bits per heavy atom. The molecule has 0 radical (unpaired) electrons. The van der Waals surface area contributed by atoms with Gasteiger partial charge in [0, 0.05) is 45.3 Å². The van der Waals surface area contributed by atoms with Crippen LogP contribution in [0.2, 0.25) is 0 Å². The molecule has 2 rings (SSSR count). The minimum atomic E-state index is 0.697. The van der Waals surface area contributed by atoms with Gasteiger partial charge in [-0.05, 0) is 32.2 Å². The third kappa shape index (κ3) is 3.72. The molecule has 1 atom stereocenters. The molecule has 0 aromatic rings. The van der Waals surface area contributed by atoms with Gasteiger partial charge in [0.2, 0.25) is 0 Å². The molecule has 1 heterocycles. The van der Waals surface area contributed by atoms with Crippen LogP contribution in [0.5, 0.6) is 0 Å². The summed E-state index contributed by atoms with van der Waals surface area (Å²) in [5, 5.41) is 3.44. The van der Waals surface area contributed by atoms with Gasteiger partial charge >= 0.3 is 0 Å². The lowest BCUT2D eigenvalue weighted by atomic mass is 10.2. The molecule has 3 heteroatoms. The number of nitrogens with zero attached hydrogens (tertiary/aromatic N) is 2. The molecule has 0 bridgehead atoms. The number of nitrogens with one attached hydrogen (secondary N) is 1. The number of piperazine rings is 1. The van der Waals surface area contributed by atoms with Crippen molar-refractivity contribution in [2.24, 2.45) is 5.92 Å². The van der Waals surface area contributed by atoms with E-state index in [9.17, 15) is 0 Å². The Morgan fingerprint density at radius 3 is 2.44 bits per heavy atom. The summed E-state index contributed by atoms with van der Waals surface area (Å²) in [6.07, 6.45) is 2.97. The molecular formula is C13H27N3. The maximum atomic E-state index is 3.44. The van der Waals surface area contributed by atoms with E-state index >= 15 is 0 Å². The standard InChI is InChI=1S/C13H27N3/c1-3-14-10-12(2)16-8-6-15(7-9-16)11-13-4-5-13/h12-14H,3-11H2,1-2H3. The van der Waals surface area contributed by atoms with Gasteiger partial charge in [-0.2, -0.15) is 0 Å². The molecule has 0 spiro atoms. The molecule has 0 aromatic heterocycles. The van der Waals surface area contributed by atoms with E-state index in [0.29, 0.717) is 6.04 Å². The Bertz CT molecular complexity index is 195. The largest absolute Gasteiger partial charge is 0.315 e. The normalized spacial score (nSPS) is 25.9. The summed E-state index contributed by atoms with van der Waals surface area (Å²) >= 11 is 0. The maximum Gasteiger partial charge on any atom is 0.0193 e. The molecule has 1 saturated heterocycles. The van der Waals surface area contributed by atoms with Gasteiger partial charge in [-0.3, -0.25) is 4.90 Å². The van der Waals surface area contributed by atoms with Crippen molar-refractivity contribution in [3.63, 3.8) is 0 Å². The molecule has 1 N–H and O–H groups in total. The summed E-state index contributed by atoms with van der Waals surface area (Å²) in [5.41, 5.74) is 0. The summed E-state index contributed by atoms with van der Waals surface area (Å²) in [7, 11) is 0. The van der Waals surface area contributed by atoms with Crippen LogP contribution in [-0.4, -0.2) is 61.7 Å². The van der Waals surface area contributed by atoms with Gasteiger partial charge in [-0.25, -0.2) is 0 Å². The molecule has 3 nitrogen and oxygen atoms in total. The van der Waals surface area contributed by atoms with Crippen LogP contribution in [0.1, 0.15) is 26.7 Å². The summed E-state index contributed by atoms with van der Waals surface area (Å²) in [6, 6.07) is 0.697. The highest BCUT2D eigenvalue weighted by molar-refractivity contribution is 4.82. The molecule has 1 aliphatic carbocycles. The highest BCUT2D eigenvalue weighted by Gasteiger charge is 2.27. The maximum absolute atomic E-state index is 3.44. The Balaban J connectivity index is 1.63. The highest BCUT2D eigenvalue weighted by atomic mass is 15.3. The third-order valence-corrected chi connectivity index (χ3v) is 3.93. The lowest BCUT2D eigenvalue weighted by molar-refractivity contribution is 0.0989. The molecule has 1 unspecified atom stereocenters.